The van der Waals surface area contributed by atoms with E-state index in [1.807, 2.05) is 32.0 Å². The SMILES string of the molecule is COCCCOc1cc(C[C@@H](C[C@H](NC(=O)O)[C@@H](O)C[C@H](C(=O)NCC(C)(C)C(N)=O)C(C)C)C(C)C)ccc1OC. The summed E-state index contributed by atoms with van der Waals surface area (Å²) in [6.45, 7) is 12.3. The molecule has 0 radical (unpaired) electrons. The lowest BCUT2D eigenvalue weighted by atomic mass is 9.80. The lowest BCUT2D eigenvalue weighted by Gasteiger charge is -2.32. The highest BCUT2D eigenvalue weighted by atomic mass is 16.5. The van der Waals surface area contributed by atoms with E-state index in [9.17, 15) is 24.6 Å². The zero-order valence-corrected chi connectivity index (χ0v) is 26.6. The van der Waals surface area contributed by atoms with Crippen molar-refractivity contribution in [1.82, 2.24) is 10.6 Å². The maximum absolute atomic E-state index is 13.1. The van der Waals surface area contributed by atoms with Crippen LogP contribution < -0.4 is 25.8 Å². The molecule has 3 amide bonds. The Bertz CT molecular complexity index is 998. The minimum Gasteiger partial charge on any atom is -0.493 e. The van der Waals surface area contributed by atoms with Crippen LogP contribution in [0.15, 0.2) is 18.2 Å². The molecular weight excluding hydrogens is 542 g/mol. The summed E-state index contributed by atoms with van der Waals surface area (Å²) in [4.78, 5) is 36.5. The molecule has 1 aromatic carbocycles. The predicted octanol–water partition coefficient (Wildman–Crippen LogP) is 3.60. The fourth-order valence-electron chi connectivity index (χ4n) is 4.67. The number of aliphatic hydroxyl groups excluding tert-OH is 1. The molecule has 0 bridgehead atoms. The molecule has 42 heavy (non-hydrogen) atoms. The number of primary amides is 1. The zero-order valence-electron chi connectivity index (χ0n) is 26.6. The van der Waals surface area contributed by atoms with E-state index in [2.05, 4.69) is 24.5 Å². The van der Waals surface area contributed by atoms with E-state index in [4.69, 9.17) is 19.9 Å². The summed E-state index contributed by atoms with van der Waals surface area (Å²) in [6.07, 6.45) is -0.582. The van der Waals surface area contributed by atoms with Gasteiger partial charge in [-0.3, -0.25) is 9.59 Å². The monoisotopic (exact) mass is 595 g/mol. The van der Waals surface area contributed by atoms with E-state index in [1.165, 1.54) is 0 Å². The van der Waals surface area contributed by atoms with E-state index in [0.717, 1.165) is 12.0 Å². The molecule has 1 rings (SSSR count). The minimum atomic E-state index is -1.24. The number of benzene rings is 1. The summed E-state index contributed by atoms with van der Waals surface area (Å²) in [7, 11) is 3.22. The Labute approximate surface area is 250 Å². The van der Waals surface area contributed by atoms with E-state index in [1.54, 1.807) is 28.1 Å². The van der Waals surface area contributed by atoms with Crippen LogP contribution in [0.5, 0.6) is 11.5 Å². The maximum atomic E-state index is 13.1. The van der Waals surface area contributed by atoms with Crippen LogP contribution in [0.25, 0.3) is 0 Å². The van der Waals surface area contributed by atoms with Crippen LogP contribution in [0, 0.1) is 29.1 Å². The summed E-state index contributed by atoms with van der Waals surface area (Å²) in [5, 5.41) is 26.1. The van der Waals surface area contributed by atoms with Crippen molar-refractivity contribution in [3.8, 4) is 11.5 Å². The highest BCUT2D eigenvalue weighted by Crippen LogP contribution is 2.32. The van der Waals surface area contributed by atoms with Crippen molar-refractivity contribution in [3.05, 3.63) is 23.8 Å². The summed E-state index contributed by atoms with van der Waals surface area (Å²) >= 11 is 0. The third kappa shape index (κ3) is 12.4. The second kappa shape index (κ2) is 17.8. The Hall–Kier alpha value is -3.05. The van der Waals surface area contributed by atoms with Gasteiger partial charge in [0.05, 0.1) is 31.3 Å². The molecular formula is C31H53N3O8. The van der Waals surface area contributed by atoms with Gasteiger partial charge in [0.25, 0.3) is 0 Å². The lowest BCUT2D eigenvalue weighted by Crippen LogP contribution is -2.48. The quantitative estimate of drug-likeness (QED) is 0.142. The number of methoxy groups -OCH3 is 2. The van der Waals surface area contributed by atoms with Crippen LogP contribution in [-0.2, 0) is 20.7 Å². The van der Waals surface area contributed by atoms with E-state index >= 15 is 0 Å². The number of nitrogens with two attached hydrogens (primary N) is 1. The number of carbonyl (C=O) groups is 3. The number of ether oxygens (including phenoxy) is 3. The molecule has 0 unspecified atom stereocenters. The number of hydrogen-bond donors (Lipinski definition) is 5. The number of aliphatic hydroxyl groups is 1. The van der Waals surface area contributed by atoms with Crippen LogP contribution in [0.1, 0.15) is 66.4 Å². The van der Waals surface area contributed by atoms with E-state index in [0.29, 0.717) is 37.6 Å². The molecule has 4 atom stereocenters. The second-order valence-electron chi connectivity index (χ2n) is 12.3. The zero-order chi connectivity index (χ0) is 32.0. The van der Waals surface area contributed by atoms with Gasteiger partial charge >= 0.3 is 6.09 Å². The Morgan fingerprint density at radius 2 is 1.67 bits per heavy atom. The van der Waals surface area contributed by atoms with Gasteiger partial charge in [0.15, 0.2) is 11.5 Å². The molecule has 0 aliphatic carbocycles. The normalized spacial score (nSPS) is 14.6. The molecule has 0 fully saturated rings. The Morgan fingerprint density at radius 3 is 2.19 bits per heavy atom. The standard InChI is InChI=1S/C31H53N3O8/c1-19(2)22(14-21-10-11-26(41-8)27(15-21)42-13-9-12-40-7)16-24(34-30(38)39)25(35)17-23(20(3)4)28(36)33-18-31(5,6)29(32)37/h10-11,15,19-20,22-25,34-35H,9,12-14,16-18H2,1-8H3,(H2,32,37)(H,33,36)(H,38,39)/t22-,23-,24-,25-/m0/s1. The molecule has 0 saturated carbocycles. The van der Waals surface area contributed by atoms with Gasteiger partial charge in [-0.25, -0.2) is 4.79 Å². The Balaban J connectivity index is 3.09. The molecule has 0 saturated heterocycles. The first-order valence-electron chi connectivity index (χ1n) is 14.7. The maximum Gasteiger partial charge on any atom is 0.404 e. The predicted molar refractivity (Wildman–Crippen MR) is 162 cm³/mol. The number of hydrogen-bond acceptors (Lipinski definition) is 7. The average Bonchev–Trinajstić information content (AvgIpc) is 2.91. The number of carbonyl (C=O) groups excluding carboxylic acids is 2. The van der Waals surface area contributed by atoms with Gasteiger partial charge in [-0.2, -0.15) is 0 Å². The van der Waals surface area contributed by atoms with Crippen molar-refractivity contribution in [2.75, 3.05) is 34.0 Å². The van der Waals surface area contributed by atoms with Crippen LogP contribution >= 0.6 is 0 Å². The summed E-state index contributed by atoms with van der Waals surface area (Å²) < 4.78 is 16.5. The highest BCUT2D eigenvalue weighted by molar-refractivity contribution is 5.83. The molecule has 6 N–H and O–H groups in total. The molecule has 240 valence electrons. The largest absolute Gasteiger partial charge is 0.493 e. The third-order valence-corrected chi connectivity index (χ3v) is 7.76. The van der Waals surface area contributed by atoms with Gasteiger partial charge in [-0.15, -0.1) is 0 Å². The van der Waals surface area contributed by atoms with Crippen molar-refractivity contribution in [1.29, 1.82) is 0 Å². The summed E-state index contributed by atoms with van der Waals surface area (Å²) in [6, 6.07) is 4.95. The first-order chi connectivity index (χ1) is 19.6. The summed E-state index contributed by atoms with van der Waals surface area (Å²) in [5.74, 6) is -0.157. The molecule has 0 aliphatic rings. The van der Waals surface area contributed by atoms with Gasteiger partial charge in [-0.1, -0.05) is 33.8 Å². The van der Waals surface area contributed by atoms with E-state index in [-0.39, 0.29) is 36.6 Å². The lowest BCUT2D eigenvalue weighted by molar-refractivity contribution is -0.130. The molecule has 1 aromatic rings. The first kappa shape index (κ1) is 37.0. The van der Waals surface area contributed by atoms with Crippen molar-refractivity contribution < 1.29 is 38.8 Å². The number of nitrogens with one attached hydrogen (secondary N) is 2. The summed E-state index contributed by atoms with van der Waals surface area (Å²) in [5.41, 5.74) is 5.50. The van der Waals surface area contributed by atoms with Crippen molar-refractivity contribution >= 4 is 17.9 Å². The van der Waals surface area contributed by atoms with Gasteiger partial charge in [0, 0.05) is 32.6 Å². The fraction of sp³-hybridized carbons (Fsp3) is 0.710. The first-order valence-corrected chi connectivity index (χ1v) is 14.7. The minimum absolute atomic E-state index is 0.00827. The molecule has 11 heteroatoms. The molecule has 0 aromatic heterocycles. The van der Waals surface area contributed by atoms with Crippen molar-refractivity contribution in [2.24, 2.45) is 34.8 Å². The van der Waals surface area contributed by atoms with Gasteiger partial charge in [-0.05, 0) is 68.6 Å². The highest BCUT2D eigenvalue weighted by Gasteiger charge is 2.33. The molecule has 11 nitrogen and oxygen atoms in total. The Kier molecular flexibility index (Phi) is 15.7. The van der Waals surface area contributed by atoms with Crippen molar-refractivity contribution in [3.63, 3.8) is 0 Å². The van der Waals surface area contributed by atoms with Gasteiger partial charge in [0.2, 0.25) is 11.8 Å². The number of rotatable bonds is 20. The van der Waals surface area contributed by atoms with Crippen molar-refractivity contribution in [2.45, 2.75) is 79.4 Å². The van der Waals surface area contributed by atoms with Gasteiger partial charge in [0.1, 0.15) is 0 Å². The number of carboxylic acid groups (broad SMARTS) is 1. The van der Waals surface area contributed by atoms with Crippen LogP contribution in [0.4, 0.5) is 4.79 Å². The molecule has 0 heterocycles. The number of amides is 3. The molecule has 0 aliphatic heterocycles. The Morgan fingerprint density at radius 1 is 1.00 bits per heavy atom. The van der Waals surface area contributed by atoms with Crippen LogP contribution in [0.3, 0.4) is 0 Å². The smallest absolute Gasteiger partial charge is 0.404 e. The van der Waals surface area contributed by atoms with Crippen LogP contribution in [-0.4, -0.2) is 74.2 Å². The third-order valence-electron chi connectivity index (χ3n) is 7.76. The molecule has 0 spiro atoms. The fourth-order valence-corrected chi connectivity index (χ4v) is 4.67. The van der Waals surface area contributed by atoms with E-state index < -0.39 is 35.5 Å². The second-order valence-corrected chi connectivity index (χ2v) is 12.3. The van der Waals surface area contributed by atoms with Gasteiger partial charge < -0.3 is 40.8 Å². The van der Waals surface area contributed by atoms with Crippen LogP contribution in [0.2, 0.25) is 0 Å². The topological polar surface area (TPSA) is 169 Å². The average molecular weight is 596 g/mol.